The van der Waals surface area contributed by atoms with Crippen LogP contribution in [0.1, 0.15) is 15.9 Å². The van der Waals surface area contributed by atoms with Crippen LogP contribution in [0.25, 0.3) is 21.0 Å². The van der Waals surface area contributed by atoms with Crippen LogP contribution in [-0.4, -0.2) is 18.9 Å². The van der Waals surface area contributed by atoms with Crippen LogP contribution in [0.3, 0.4) is 0 Å². The highest BCUT2D eigenvalue weighted by Gasteiger charge is 2.15. The molecule has 0 aliphatic heterocycles. The second-order valence-electron chi connectivity index (χ2n) is 7.99. The first-order chi connectivity index (χ1) is 16.3. The summed E-state index contributed by atoms with van der Waals surface area (Å²) in [7, 11) is -1.81. The summed E-state index contributed by atoms with van der Waals surface area (Å²) in [6.07, 6.45) is 0. The van der Waals surface area contributed by atoms with Gasteiger partial charge in [-0.3, -0.25) is 9.52 Å². The van der Waals surface area contributed by atoms with Crippen molar-refractivity contribution in [3.63, 3.8) is 0 Å². The van der Waals surface area contributed by atoms with Crippen LogP contribution in [0.15, 0.2) is 94.8 Å². The van der Waals surface area contributed by atoms with E-state index in [2.05, 4.69) is 27.9 Å². The van der Waals surface area contributed by atoms with E-state index in [-0.39, 0.29) is 10.8 Å². The van der Waals surface area contributed by atoms with Gasteiger partial charge in [0, 0.05) is 23.7 Å². The Bertz CT molecular complexity index is 1710. The fourth-order valence-electron chi connectivity index (χ4n) is 3.79. The number of aryl methyl sites for hydroxylation is 2. The molecule has 170 valence electrons. The fourth-order valence-corrected chi connectivity index (χ4v) is 5.88. The molecule has 0 bridgehead atoms. The Labute approximate surface area is 200 Å². The Kier molecular flexibility index (Phi) is 5.55. The van der Waals surface area contributed by atoms with Crippen molar-refractivity contribution in [2.75, 3.05) is 4.72 Å². The number of nitrogens with zero attached hydrogens (tertiary/aromatic N) is 2. The zero-order chi connectivity index (χ0) is 23.9. The van der Waals surface area contributed by atoms with E-state index < -0.39 is 10.0 Å². The molecule has 0 unspecified atom stereocenters. The molecule has 1 amide bonds. The number of amides is 1. The number of thiazole rings is 1. The maximum Gasteiger partial charge on any atom is 0.279 e. The molecule has 0 saturated heterocycles. The molecule has 1 heterocycles. The van der Waals surface area contributed by atoms with Crippen LogP contribution in [0.2, 0.25) is 0 Å². The SMILES string of the molecule is Cc1ccc(S(=O)(=O)Nc2ccc(C(=O)N=c3sc4ccc5ccccc5c4n3C)cc2)cc1. The highest BCUT2D eigenvalue weighted by atomic mass is 32.2. The standard InChI is InChI=1S/C26H21N3O3S2/c1-17-7-14-21(15-8-17)34(31,32)28-20-12-9-19(10-13-20)25(30)27-26-29(2)24-22-6-4-3-5-18(22)11-16-23(24)33-26/h3-16,28H,1-2H3. The van der Waals surface area contributed by atoms with E-state index in [1.807, 2.05) is 36.7 Å². The van der Waals surface area contributed by atoms with Crippen LogP contribution in [0.4, 0.5) is 5.69 Å². The molecule has 0 atom stereocenters. The Hall–Kier alpha value is -3.75. The summed E-state index contributed by atoms with van der Waals surface area (Å²) in [5, 5.41) is 2.24. The van der Waals surface area contributed by atoms with Crippen molar-refractivity contribution in [2.24, 2.45) is 12.0 Å². The first-order valence-corrected chi connectivity index (χ1v) is 12.9. The lowest BCUT2D eigenvalue weighted by Gasteiger charge is -2.08. The molecular formula is C26H21N3O3S2. The normalized spacial score (nSPS) is 12.4. The molecule has 0 spiro atoms. The smallest absolute Gasteiger partial charge is 0.279 e. The summed E-state index contributed by atoms with van der Waals surface area (Å²) in [6, 6.07) is 25.1. The number of carbonyl (C=O) groups is 1. The topological polar surface area (TPSA) is 80.5 Å². The minimum absolute atomic E-state index is 0.179. The largest absolute Gasteiger partial charge is 0.319 e. The number of aromatic nitrogens is 1. The molecular weight excluding hydrogens is 466 g/mol. The zero-order valence-electron chi connectivity index (χ0n) is 18.5. The zero-order valence-corrected chi connectivity index (χ0v) is 20.2. The second kappa shape index (κ2) is 8.55. The molecule has 0 aliphatic carbocycles. The lowest BCUT2D eigenvalue weighted by atomic mass is 10.1. The number of rotatable bonds is 4. The number of hydrogen-bond donors (Lipinski definition) is 1. The Morgan fingerprint density at radius 3 is 2.35 bits per heavy atom. The quantitative estimate of drug-likeness (QED) is 0.376. The van der Waals surface area contributed by atoms with Gasteiger partial charge in [-0.1, -0.05) is 59.4 Å². The summed E-state index contributed by atoms with van der Waals surface area (Å²) in [5.41, 5.74) is 2.76. The van der Waals surface area contributed by atoms with Crippen LogP contribution >= 0.6 is 11.3 Å². The van der Waals surface area contributed by atoms with Gasteiger partial charge in [0.05, 0.1) is 15.1 Å². The fraction of sp³-hybridized carbons (Fsp3) is 0.0769. The maximum atomic E-state index is 12.8. The van der Waals surface area contributed by atoms with Gasteiger partial charge in [-0.25, -0.2) is 8.42 Å². The number of hydrogen-bond acceptors (Lipinski definition) is 4. The van der Waals surface area contributed by atoms with Crippen molar-refractivity contribution < 1.29 is 13.2 Å². The van der Waals surface area contributed by atoms with Crippen LogP contribution < -0.4 is 9.52 Å². The van der Waals surface area contributed by atoms with E-state index in [1.165, 1.54) is 11.3 Å². The third-order valence-corrected chi connectivity index (χ3v) is 8.09. The third kappa shape index (κ3) is 4.13. The van der Waals surface area contributed by atoms with Gasteiger partial charge in [0.2, 0.25) is 0 Å². The van der Waals surface area contributed by atoms with Crippen molar-refractivity contribution in [1.82, 2.24) is 4.57 Å². The number of fused-ring (bicyclic) bond motifs is 3. The lowest BCUT2D eigenvalue weighted by Crippen LogP contribution is -2.14. The Balaban J connectivity index is 1.42. The summed E-state index contributed by atoms with van der Waals surface area (Å²) < 4.78 is 30.7. The molecule has 1 aromatic heterocycles. The molecule has 6 nitrogen and oxygen atoms in total. The van der Waals surface area contributed by atoms with E-state index in [0.717, 1.165) is 26.6 Å². The number of anilines is 1. The van der Waals surface area contributed by atoms with Crippen molar-refractivity contribution in [2.45, 2.75) is 11.8 Å². The van der Waals surface area contributed by atoms with Gasteiger partial charge in [-0.05, 0) is 54.8 Å². The summed E-state index contributed by atoms with van der Waals surface area (Å²) in [4.78, 5) is 18.0. The minimum atomic E-state index is -3.71. The molecule has 4 aromatic carbocycles. The molecule has 0 radical (unpaired) electrons. The maximum absolute atomic E-state index is 12.8. The Morgan fingerprint density at radius 1 is 0.912 bits per heavy atom. The molecule has 1 N–H and O–H groups in total. The first-order valence-electron chi connectivity index (χ1n) is 10.6. The predicted octanol–water partition coefficient (Wildman–Crippen LogP) is 5.24. The summed E-state index contributed by atoms with van der Waals surface area (Å²) >= 11 is 1.46. The number of benzene rings is 4. The molecule has 34 heavy (non-hydrogen) atoms. The monoisotopic (exact) mass is 487 g/mol. The molecule has 5 rings (SSSR count). The number of nitrogens with one attached hydrogen (secondary N) is 1. The van der Waals surface area contributed by atoms with Gasteiger partial charge in [0.25, 0.3) is 15.9 Å². The van der Waals surface area contributed by atoms with E-state index in [9.17, 15) is 13.2 Å². The van der Waals surface area contributed by atoms with Crippen molar-refractivity contribution >= 4 is 53.9 Å². The van der Waals surface area contributed by atoms with Crippen LogP contribution in [0, 0.1) is 6.92 Å². The van der Waals surface area contributed by atoms with Gasteiger partial charge in [-0.15, -0.1) is 0 Å². The Morgan fingerprint density at radius 2 is 1.62 bits per heavy atom. The van der Waals surface area contributed by atoms with Gasteiger partial charge in [0.1, 0.15) is 0 Å². The van der Waals surface area contributed by atoms with Gasteiger partial charge in [-0.2, -0.15) is 4.99 Å². The predicted molar refractivity (Wildman–Crippen MR) is 137 cm³/mol. The number of sulfonamides is 1. The molecule has 8 heteroatoms. The lowest BCUT2D eigenvalue weighted by molar-refractivity contribution is 0.0998. The molecule has 0 fully saturated rings. The molecule has 0 saturated carbocycles. The third-order valence-electron chi connectivity index (χ3n) is 5.60. The summed E-state index contributed by atoms with van der Waals surface area (Å²) in [6.45, 7) is 1.89. The van der Waals surface area contributed by atoms with Gasteiger partial charge < -0.3 is 4.57 Å². The summed E-state index contributed by atoms with van der Waals surface area (Å²) in [5.74, 6) is -0.389. The molecule has 0 aliphatic rings. The van der Waals surface area contributed by atoms with Gasteiger partial charge >= 0.3 is 0 Å². The number of carbonyl (C=O) groups excluding carboxylic acids is 1. The van der Waals surface area contributed by atoms with E-state index in [1.54, 1.807) is 48.5 Å². The van der Waals surface area contributed by atoms with Crippen LogP contribution in [0.5, 0.6) is 0 Å². The molecule has 5 aromatic rings. The van der Waals surface area contributed by atoms with E-state index in [0.29, 0.717) is 16.1 Å². The van der Waals surface area contributed by atoms with E-state index in [4.69, 9.17) is 0 Å². The van der Waals surface area contributed by atoms with Gasteiger partial charge in [0.15, 0.2) is 4.80 Å². The minimum Gasteiger partial charge on any atom is -0.319 e. The van der Waals surface area contributed by atoms with Crippen molar-refractivity contribution in [3.05, 3.63) is 101 Å². The highest BCUT2D eigenvalue weighted by Crippen LogP contribution is 2.26. The average molecular weight is 488 g/mol. The van der Waals surface area contributed by atoms with Crippen molar-refractivity contribution in [3.8, 4) is 0 Å². The van der Waals surface area contributed by atoms with Crippen LogP contribution in [-0.2, 0) is 17.1 Å². The van der Waals surface area contributed by atoms with Crippen molar-refractivity contribution in [1.29, 1.82) is 0 Å². The highest BCUT2D eigenvalue weighted by molar-refractivity contribution is 7.92. The van der Waals surface area contributed by atoms with E-state index >= 15 is 0 Å². The first kappa shape index (κ1) is 22.1. The average Bonchev–Trinajstić information content (AvgIpc) is 3.15. The second-order valence-corrected chi connectivity index (χ2v) is 10.7.